The topological polar surface area (TPSA) is 145 Å². The molecule has 0 aliphatic rings. The van der Waals surface area contributed by atoms with Gasteiger partial charge >= 0.3 is 11.4 Å². The van der Waals surface area contributed by atoms with E-state index in [-0.39, 0.29) is 23.0 Å². The SMILES string of the molecule is COc1ccc(-c2cnc(Nc3ccccc3)c([N+](=O)[O-])c2)cc1.O=[N+]([O-])c1cc(Br)cnc1Nc1ccccc1. The van der Waals surface area contributed by atoms with Gasteiger partial charge in [-0.15, -0.1) is 0 Å². The van der Waals surface area contributed by atoms with E-state index in [1.165, 1.54) is 18.3 Å². The molecule has 206 valence electrons. The summed E-state index contributed by atoms with van der Waals surface area (Å²) in [5, 5.41) is 28.2. The van der Waals surface area contributed by atoms with Crippen LogP contribution in [0.25, 0.3) is 11.1 Å². The third-order valence-corrected chi connectivity index (χ3v) is 6.03. The van der Waals surface area contributed by atoms with Crippen LogP contribution in [-0.2, 0) is 0 Å². The molecule has 2 N–H and O–H groups in total. The molecule has 12 heteroatoms. The number of pyridine rings is 2. The molecule has 0 fully saturated rings. The highest BCUT2D eigenvalue weighted by atomic mass is 79.9. The third-order valence-electron chi connectivity index (χ3n) is 5.59. The molecule has 41 heavy (non-hydrogen) atoms. The van der Waals surface area contributed by atoms with Gasteiger partial charge in [-0.2, -0.15) is 0 Å². The lowest BCUT2D eigenvalue weighted by molar-refractivity contribution is -0.384. The van der Waals surface area contributed by atoms with Crippen LogP contribution in [0.5, 0.6) is 5.75 Å². The van der Waals surface area contributed by atoms with Crippen molar-refractivity contribution in [3.05, 3.63) is 134 Å². The van der Waals surface area contributed by atoms with Gasteiger partial charge in [0.15, 0.2) is 0 Å². The zero-order valence-electron chi connectivity index (χ0n) is 21.6. The lowest BCUT2D eigenvalue weighted by atomic mass is 10.1. The second-order valence-electron chi connectivity index (χ2n) is 8.34. The normalized spacial score (nSPS) is 10.1. The number of aromatic nitrogens is 2. The molecule has 3 aromatic carbocycles. The summed E-state index contributed by atoms with van der Waals surface area (Å²) in [7, 11) is 1.59. The Labute approximate surface area is 243 Å². The number of benzene rings is 3. The number of hydrogen-bond donors (Lipinski definition) is 2. The Morgan fingerprint density at radius 2 is 1.17 bits per heavy atom. The van der Waals surface area contributed by atoms with Crippen LogP contribution >= 0.6 is 15.9 Å². The molecule has 5 aromatic rings. The zero-order chi connectivity index (χ0) is 29.2. The van der Waals surface area contributed by atoms with Crippen LogP contribution in [-0.4, -0.2) is 26.9 Å². The molecule has 2 heterocycles. The van der Waals surface area contributed by atoms with Gasteiger partial charge in [0.05, 0.1) is 17.0 Å². The Morgan fingerprint density at radius 1 is 0.683 bits per heavy atom. The van der Waals surface area contributed by atoms with Gasteiger partial charge in [0.1, 0.15) is 5.75 Å². The average molecular weight is 615 g/mol. The molecule has 0 unspecified atom stereocenters. The molecule has 0 aliphatic heterocycles. The maximum atomic E-state index is 11.4. The fraction of sp³-hybridized carbons (Fsp3) is 0.0345. The minimum atomic E-state index is -0.469. The Morgan fingerprint density at radius 3 is 1.66 bits per heavy atom. The van der Waals surface area contributed by atoms with Gasteiger partial charge < -0.3 is 15.4 Å². The zero-order valence-corrected chi connectivity index (χ0v) is 23.2. The monoisotopic (exact) mass is 614 g/mol. The number of anilines is 4. The highest BCUT2D eigenvalue weighted by molar-refractivity contribution is 9.10. The summed E-state index contributed by atoms with van der Waals surface area (Å²) in [5.74, 6) is 1.16. The fourth-order valence-electron chi connectivity index (χ4n) is 3.61. The van der Waals surface area contributed by atoms with E-state index >= 15 is 0 Å². The Hall–Kier alpha value is -5.36. The average Bonchev–Trinajstić information content (AvgIpc) is 2.99. The van der Waals surface area contributed by atoms with E-state index < -0.39 is 9.85 Å². The number of ether oxygens (including phenoxy) is 1. The molecule has 0 saturated heterocycles. The van der Waals surface area contributed by atoms with Gasteiger partial charge in [-0.1, -0.05) is 48.5 Å². The quantitative estimate of drug-likeness (QED) is 0.131. The summed E-state index contributed by atoms with van der Waals surface area (Å²) < 4.78 is 5.69. The third kappa shape index (κ3) is 7.83. The Kier molecular flexibility index (Phi) is 9.52. The van der Waals surface area contributed by atoms with E-state index in [2.05, 4.69) is 36.5 Å². The number of nitro groups is 2. The predicted molar refractivity (Wildman–Crippen MR) is 161 cm³/mol. The molecule has 0 saturated carbocycles. The van der Waals surface area contributed by atoms with Crippen LogP contribution in [0.2, 0.25) is 0 Å². The van der Waals surface area contributed by atoms with Crippen molar-refractivity contribution in [3.8, 4) is 16.9 Å². The van der Waals surface area contributed by atoms with Gasteiger partial charge in [-0.05, 0) is 57.9 Å². The molecule has 5 rings (SSSR count). The second kappa shape index (κ2) is 13.6. The van der Waals surface area contributed by atoms with Gasteiger partial charge in [-0.25, -0.2) is 9.97 Å². The first-order valence-corrected chi connectivity index (χ1v) is 12.9. The van der Waals surface area contributed by atoms with Gasteiger partial charge in [-0.3, -0.25) is 20.2 Å². The first-order chi connectivity index (χ1) is 19.8. The molecular formula is C29H23BrN6O5. The molecular weight excluding hydrogens is 592 g/mol. The van der Waals surface area contributed by atoms with E-state index in [4.69, 9.17) is 4.74 Å². The van der Waals surface area contributed by atoms with Crippen LogP contribution in [0.1, 0.15) is 0 Å². The first kappa shape index (κ1) is 28.6. The van der Waals surface area contributed by atoms with Crippen LogP contribution < -0.4 is 15.4 Å². The van der Waals surface area contributed by atoms with Gasteiger partial charge in [0.2, 0.25) is 11.6 Å². The summed E-state index contributed by atoms with van der Waals surface area (Å²) in [4.78, 5) is 29.6. The summed E-state index contributed by atoms with van der Waals surface area (Å²) in [6.45, 7) is 0. The number of methoxy groups -OCH3 is 1. The Bertz CT molecular complexity index is 1640. The molecule has 0 aliphatic carbocycles. The summed E-state index contributed by atoms with van der Waals surface area (Å²) in [6, 6.07) is 28.6. The van der Waals surface area contributed by atoms with Crippen LogP contribution in [0.4, 0.5) is 34.4 Å². The fourth-order valence-corrected chi connectivity index (χ4v) is 3.93. The number of para-hydroxylation sites is 2. The number of hydrogen-bond acceptors (Lipinski definition) is 9. The first-order valence-electron chi connectivity index (χ1n) is 12.1. The van der Waals surface area contributed by atoms with E-state index in [1.54, 1.807) is 25.4 Å². The van der Waals surface area contributed by atoms with Crippen molar-refractivity contribution in [2.45, 2.75) is 0 Å². The maximum absolute atomic E-state index is 11.4. The van der Waals surface area contributed by atoms with E-state index in [9.17, 15) is 20.2 Å². The molecule has 11 nitrogen and oxygen atoms in total. The van der Waals surface area contributed by atoms with Crippen LogP contribution in [0.3, 0.4) is 0 Å². The second-order valence-corrected chi connectivity index (χ2v) is 9.25. The number of nitrogens with zero attached hydrogens (tertiary/aromatic N) is 4. The van der Waals surface area contributed by atoms with Crippen molar-refractivity contribution >= 4 is 50.3 Å². The number of rotatable bonds is 8. The van der Waals surface area contributed by atoms with Gasteiger partial charge in [0, 0.05) is 45.9 Å². The number of nitrogens with one attached hydrogen (secondary N) is 2. The van der Waals surface area contributed by atoms with Crippen molar-refractivity contribution < 1.29 is 14.6 Å². The van der Waals surface area contributed by atoms with E-state index in [0.717, 1.165) is 22.7 Å². The molecule has 0 atom stereocenters. The minimum Gasteiger partial charge on any atom is -0.497 e. The predicted octanol–water partition coefficient (Wildman–Crippen LogP) is 7.90. The molecule has 0 radical (unpaired) electrons. The van der Waals surface area contributed by atoms with Crippen molar-refractivity contribution in [3.63, 3.8) is 0 Å². The molecule has 2 aromatic heterocycles. The minimum absolute atomic E-state index is 0.0665. The Balaban J connectivity index is 0.000000201. The van der Waals surface area contributed by atoms with Crippen LogP contribution in [0, 0.1) is 20.2 Å². The summed E-state index contributed by atoms with van der Waals surface area (Å²) in [5.41, 5.74) is 2.85. The van der Waals surface area contributed by atoms with Crippen molar-refractivity contribution in [1.29, 1.82) is 0 Å². The van der Waals surface area contributed by atoms with E-state index in [1.807, 2.05) is 72.8 Å². The largest absolute Gasteiger partial charge is 0.497 e. The standard InChI is InChI=1S/C18H15N3O3.C11H8BrN3O2/c1-24-16-9-7-13(8-10-16)14-11-17(21(22)23)18(19-12-14)20-15-5-3-2-4-6-15;12-8-6-10(15(16)17)11(13-7-8)14-9-4-2-1-3-5-9/h2-12H,1H3,(H,19,20);1-7H,(H,13,14). The smallest absolute Gasteiger partial charge is 0.312 e. The highest BCUT2D eigenvalue weighted by Crippen LogP contribution is 2.31. The lowest BCUT2D eigenvalue weighted by Gasteiger charge is -2.08. The summed E-state index contributed by atoms with van der Waals surface area (Å²) >= 11 is 3.16. The molecule has 0 bridgehead atoms. The maximum Gasteiger partial charge on any atom is 0.312 e. The van der Waals surface area contributed by atoms with Crippen molar-refractivity contribution in [2.75, 3.05) is 17.7 Å². The molecule has 0 amide bonds. The van der Waals surface area contributed by atoms with Crippen molar-refractivity contribution in [1.82, 2.24) is 9.97 Å². The number of halogens is 1. The van der Waals surface area contributed by atoms with Gasteiger partial charge in [0.25, 0.3) is 0 Å². The summed E-state index contributed by atoms with van der Waals surface area (Å²) in [6.07, 6.45) is 3.12. The highest BCUT2D eigenvalue weighted by Gasteiger charge is 2.18. The van der Waals surface area contributed by atoms with Crippen molar-refractivity contribution in [2.24, 2.45) is 0 Å². The molecule has 0 spiro atoms. The van der Waals surface area contributed by atoms with E-state index in [0.29, 0.717) is 10.0 Å². The lowest BCUT2D eigenvalue weighted by Crippen LogP contribution is -2.00. The van der Waals surface area contributed by atoms with Crippen LogP contribution in [0.15, 0.2) is 114 Å².